The molecule has 1 N–H and O–H groups in total. The third kappa shape index (κ3) is 2.01. The Morgan fingerprint density at radius 3 is 3.13 bits per heavy atom. The number of thioether (sulfide) groups is 1. The van der Waals surface area contributed by atoms with E-state index in [-0.39, 0.29) is 0 Å². The third-order valence-corrected chi connectivity index (χ3v) is 4.32. The molecule has 15 heavy (non-hydrogen) atoms. The normalized spacial score (nSPS) is 26.3. The molecular formula is C11H16N2OS. The van der Waals surface area contributed by atoms with Gasteiger partial charge in [-0.1, -0.05) is 0 Å². The highest BCUT2D eigenvalue weighted by Gasteiger charge is 2.23. The lowest BCUT2D eigenvalue weighted by molar-refractivity contribution is 0.341. The summed E-state index contributed by atoms with van der Waals surface area (Å²) < 4.78 is 5.19. The van der Waals surface area contributed by atoms with Crippen LogP contribution < -0.4 is 5.32 Å². The second-order valence-corrected chi connectivity index (χ2v) is 5.62. The summed E-state index contributed by atoms with van der Waals surface area (Å²) in [6, 6.07) is 0. The van der Waals surface area contributed by atoms with Gasteiger partial charge < -0.3 is 14.6 Å². The summed E-state index contributed by atoms with van der Waals surface area (Å²) in [6.07, 6.45) is 6.40. The summed E-state index contributed by atoms with van der Waals surface area (Å²) in [6.45, 7) is 4.85. The molecule has 0 aliphatic carbocycles. The average Bonchev–Trinajstić information content (AvgIpc) is 2.87. The van der Waals surface area contributed by atoms with Crippen LogP contribution >= 0.6 is 11.8 Å². The van der Waals surface area contributed by atoms with Gasteiger partial charge in [0, 0.05) is 18.3 Å². The van der Waals surface area contributed by atoms with Crippen molar-refractivity contribution in [2.45, 2.75) is 23.0 Å². The van der Waals surface area contributed by atoms with Crippen molar-refractivity contribution in [2.24, 2.45) is 0 Å². The molecule has 1 aromatic rings. The Hall–Kier alpha value is -0.610. The van der Waals surface area contributed by atoms with Gasteiger partial charge >= 0.3 is 0 Å². The predicted molar refractivity (Wildman–Crippen MR) is 62.5 cm³/mol. The molecule has 3 nitrogen and oxygen atoms in total. The molecule has 0 radical (unpaired) electrons. The average molecular weight is 224 g/mol. The Balaban J connectivity index is 1.61. The van der Waals surface area contributed by atoms with E-state index in [4.69, 9.17) is 4.42 Å². The first-order chi connectivity index (χ1) is 7.42. The Labute approximate surface area is 94.2 Å². The van der Waals surface area contributed by atoms with Crippen LogP contribution in [-0.2, 0) is 0 Å². The van der Waals surface area contributed by atoms with Gasteiger partial charge in [0.05, 0.1) is 10.6 Å². The van der Waals surface area contributed by atoms with Crippen molar-refractivity contribution in [1.82, 2.24) is 4.90 Å². The first-order valence-corrected chi connectivity index (χ1v) is 6.49. The quantitative estimate of drug-likeness (QED) is 0.834. The smallest absolute Gasteiger partial charge is 0.115 e. The highest BCUT2D eigenvalue weighted by atomic mass is 32.2. The van der Waals surface area contributed by atoms with Crippen molar-refractivity contribution in [3.8, 4) is 0 Å². The van der Waals surface area contributed by atoms with Gasteiger partial charge in [0.1, 0.15) is 12.5 Å². The molecule has 1 fully saturated rings. The zero-order chi connectivity index (χ0) is 10.1. The molecule has 2 aliphatic rings. The number of fused-ring (bicyclic) bond motifs is 1. The molecule has 1 unspecified atom stereocenters. The molecule has 0 amide bonds. The molecule has 0 aromatic carbocycles. The standard InChI is InChI=1S/C11H16N2OS/c1-2-4-13(3-1)6-9-5-12-10-7-14-8-11(10)15-9/h7-9,12H,1-6H2. The van der Waals surface area contributed by atoms with Crippen molar-refractivity contribution in [3.05, 3.63) is 12.5 Å². The molecule has 0 bridgehead atoms. The zero-order valence-corrected chi connectivity index (χ0v) is 9.55. The number of rotatable bonds is 2. The van der Waals surface area contributed by atoms with Crippen molar-refractivity contribution in [1.29, 1.82) is 0 Å². The molecule has 1 saturated heterocycles. The van der Waals surface area contributed by atoms with Gasteiger partial charge in [0.25, 0.3) is 0 Å². The van der Waals surface area contributed by atoms with Crippen molar-refractivity contribution < 1.29 is 4.42 Å². The summed E-state index contributed by atoms with van der Waals surface area (Å²) in [5, 5.41) is 4.10. The summed E-state index contributed by atoms with van der Waals surface area (Å²) in [5.74, 6) is 0. The van der Waals surface area contributed by atoms with Crippen LogP contribution in [0.4, 0.5) is 5.69 Å². The highest BCUT2D eigenvalue weighted by Crippen LogP contribution is 2.36. The predicted octanol–water partition coefficient (Wildman–Crippen LogP) is 2.26. The van der Waals surface area contributed by atoms with Gasteiger partial charge in [-0.2, -0.15) is 0 Å². The van der Waals surface area contributed by atoms with Gasteiger partial charge in [0.15, 0.2) is 0 Å². The first kappa shape index (κ1) is 9.60. The largest absolute Gasteiger partial charge is 0.469 e. The summed E-state index contributed by atoms with van der Waals surface area (Å²) >= 11 is 1.95. The molecule has 3 heterocycles. The molecule has 82 valence electrons. The monoisotopic (exact) mass is 224 g/mol. The highest BCUT2D eigenvalue weighted by molar-refractivity contribution is 8.00. The molecule has 0 saturated carbocycles. The van der Waals surface area contributed by atoms with Crippen LogP contribution in [-0.4, -0.2) is 36.3 Å². The van der Waals surface area contributed by atoms with E-state index in [0.717, 1.165) is 12.2 Å². The minimum atomic E-state index is 0.674. The maximum atomic E-state index is 5.19. The first-order valence-electron chi connectivity index (χ1n) is 5.61. The minimum absolute atomic E-state index is 0.674. The fourth-order valence-corrected chi connectivity index (χ4v) is 3.47. The van der Waals surface area contributed by atoms with Crippen LogP contribution in [0.1, 0.15) is 12.8 Å². The van der Waals surface area contributed by atoms with Crippen LogP contribution in [0.5, 0.6) is 0 Å². The maximum Gasteiger partial charge on any atom is 0.115 e. The lowest BCUT2D eigenvalue weighted by Crippen LogP contribution is -2.34. The van der Waals surface area contributed by atoms with Gasteiger partial charge in [-0.3, -0.25) is 0 Å². The van der Waals surface area contributed by atoms with Crippen molar-refractivity contribution in [2.75, 3.05) is 31.5 Å². The Bertz CT molecular complexity index is 333. The Kier molecular flexibility index (Phi) is 2.63. The van der Waals surface area contributed by atoms with E-state index in [1.165, 1.54) is 37.4 Å². The van der Waals surface area contributed by atoms with E-state index >= 15 is 0 Å². The SMILES string of the molecule is c1occ2c1NCC(CN1CCCC1)S2. The molecule has 0 spiro atoms. The summed E-state index contributed by atoms with van der Waals surface area (Å²) in [4.78, 5) is 3.84. The van der Waals surface area contributed by atoms with Crippen molar-refractivity contribution in [3.63, 3.8) is 0 Å². The van der Waals surface area contributed by atoms with Crippen LogP contribution in [0.25, 0.3) is 0 Å². The second kappa shape index (κ2) is 4.10. The van der Waals surface area contributed by atoms with Crippen LogP contribution in [0.3, 0.4) is 0 Å². The fourth-order valence-electron chi connectivity index (χ4n) is 2.31. The van der Waals surface area contributed by atoms with Crippen LogP contribution in [0.2, 0.25) is 0 Å². The minimum Gasteiger partial charge on any atom is -0.469 e. The molecule has 2 aliphatic heterocycles. The van der Waals surface area contributed by atoms with Gasteiger partial charge in [0.2, 0.25) is 0 Å². The molecule has 4 heteroatoms. The lowest BCUT2D eigenvalue weighted by atomic mass is 10.3. The van der Waals surface area contributed by atoms with Gasteiger partial charge in [-0.25, -0.2) is 0 Å². The topological polar surface area (TPSA) is 28.4 Å². The van der Waals surface area contributed by atoms with Crippen molar-refractivity contribution >= 4 is 17.4 Å². The number of anilines is 1. The number of hydrogen-bond acceptors (Lipinski definition) is 4. The van der Waals surface area contributed by atoms with E-state index in [1.807, 2.05) is 18.0 Å². The van der Waals surface area contributed by atoms with E-state index in [0.29, 0.717) is 5.25 Å². The lowest BCUT2D eigenvalue weighted by Gasteiger charge is -2.26. The molecular weight excluding hydrogens is 208 g/mol. The van der Waals surface area contributed by atoms with E-state index in [1.54, 1.807) is 6.26 Å². The number of likely N-dealkylation sites (tertiary alicyclic amines) is 1. The second-order valence-electron chi connectivity index (χ2n) is 4.28. The summed E-state index contributed by atoms with van der Waals surface area (Å²) in [5.41, 5.74) is 1.16. The summed E-state index contributed by atoms with van der Waals surface area (Å²) in [7, 11) is 0. The molecule has 1 atom stereocenters. The van der Waals surface area contributed by atoms with E-state index in [2.05, 4.69) is 10.2 Å². The maximum absolute atomic E-state index is 5.19. The number of hydrogen-bond donors (Lipinski definition) is 1. The number of nitrogens with zero attached hydrogens (tertiary/aromatic N) is 1. The zero-order valence-electron chi connectivity index (χ0n) is 8.74. The third-order valence-electron chi connectivity index (χ3n) is 3.10. The molecule has 1 aromatic heterocycles. The van der Waals surface area contributed by atoms with E-state index in [9.17, 15) is 0 Å². The number of furan rings is 1. The Morgan fingerprint density at radius 2 is 2.27 bits per heavy atom. The molecule has 3 rings (SSSR count). The number of nitrogens with one attached hydrogen (secondary N) is 1. The van der Waals surface area contributed by atoms with Gasteiger partial charge in [-0.15, -0.1) is 11.8 Å². The van der Waals surface area contributed by atoms with Crippen LogP contribution in [0.15, 0.2) is 21.8 Å². The fraction of sp³-hybridized carbons (Fsp3) is 0.636. The van der Waals surface area contributed by atoms with Crippen LogP contribution in [0, 0.1) is 0 Å². The van der Waals surface area contributed by atoms with E-state index < -0.39 is 0 Å². The Morgan fingerprint density at radius 1 is 1.40 bits per heavy atom. The van der Waals surface area contributed by atoms with Gasteiger partial charge in [-0.05, 0) is 25.9 Å².